The Hall–Kier alpha value is -0.940. The third-order valence-corrected chi connectivity index (χ3v) is 2.66. The van der Waals surface area contributed by atoms with Crippen molar-refractivity contribution in [2.75, 3.05) is 0 Å². The number of hydrogen-bond donors (Lipinski definition) is 0. The first-order chi connectivity index (χ1) is 7.20. The second-order valence-corrected chi connectivity index (χ2v) is 3.88. The molecule has 15 heavy (non-hydrogen) atoms. The van der Waals surface area contributed by atoms with E-state index >= 15 is 0 Å². The van der Waals surface area contributed by atoms with Crippen LogP contribution in [0.1, 0.15) is 5.89 Å². The van der Waals surface area contributed by atoms with Gasteiger partial charge in [0.2, 0.25) is 11.8 Å². The minimum absolute atomic E-state index is 0.139. The Balaban J connectivity index is 2.48. The van der Waals surface area contributed by atoms with Gasteiger partial charge < -0.3 is 4.42 Å². The molecule has 1 heterocycles. The molecule has 0 fully saturated rings. The molecule has 0 N–H and O–H groups in total. The standard InChI is InChI=1S/C9H5BrClFN2O/c10-7-2-1-5(12)3-6(7)9-14-13-8(4-11)15-9/h1-3H,4H2. The summed E-state index contributed by atoms with van der Waals surface area (Å²) in [6, 6.07) is 4.23. The Morgan fingerprint density at radius 1 is 1.40 bits per heavy atom. The summed E-state index contributed by atoms with van der Waals surface area (Å²) < 4.78 is 18.9. The van der Waals surface area contributed by atoms with Gasteiger partial charge in [-0.3, -0.25) is 0 Å². The first-order valence-corrected chi connectivity index (χ1v) is 5.37. The Bertz CT molecular complexity index is 489. The van der Waals surface area contributed by atoms with E-state index in [1.165, 1.54) is 12.1 Å². The van der Waals surface area contributed by atoms with Gasteiger partial charge in [0.25, 0.3) is 0 Å². The van der Waals surface area contributed by atoms with Crippen LogP contribution in [0.3, 0.4) is 0 Å². The molecule has 0 saturated carbocycles. The first kappa shape index (κ1) is 10.6. The van der Waals surface area contributed by atoms with Gasteiger partial charge in [-0.1, -0.05) is 0 Å². The van der Waals surface area contributed by atoms with Crippen LogP contribution in [-0.2, 0) is 5.88 Å². The fraction of sp³-hybridized carbons (Fsp3) is 0.111. The quantitative estimate of drug-likeness (QED) is 0.796. The van der Waals surface area contributed by atoms with Gasteiger partial charge in [0.05, 0.1) is 5.56 Å². The molecule has 2 aromatic rings. The van der Waals surface area contributed by atoms with Crippen molar-refractivity contribution in [1.29, 1.82) is 0 Å². The van der Waals surface area contributed by atoms with Crippen LogP contribution in [0, 0.1) is 5.82 Å². The average Bonchev–Trinajstić information content (AvgIpc) is 2.70. The zero-order valence-electron chi connectivity index (χ0n) is 7.38. The normalized spacial score (nSPS) is 10.6. The van der Waals surface area contributed by atoms with Crippen molar-refractivity contribution in [3.8, 4) is 11.5 Å². The van der Waals surface area contributed by atoms with Crippen LogP contribution >= 0.6 is 27.5 Å². The maximum atomic E-state index is 13.0. The fourth-order valence-electron chi connectivity index (χ4n) is 1.08. The molecule has 0 aliphatic heterocycles. The maximum Gasteiger partial charge on any atom is 0.249 e. The van der Waals surface area contributed by atoms with E-state index in [1.807, 2.05) is 0 Å². The highest BCUT2D eigenvalue weighted by atomic mass is 79.9. The molecule has 3 nitrogen and oxygen atoms in total. The Morgan fingerprint density at radius 2 is 2.20 bits per heavy atom. The lowest BCUT2D eigenvalue weighted by atomic mass is 10.2. The van der Waals surface area contributed by atoms with Gasteiger partial charge in [0, 0.05) is 4.47 Å². The second-order valence-electron chi connectivity index (χ2n) is 2.76. The largest absolute Gasteiger partial charge is 0.419 e. The van der Waals surface area contributed by atoms with Crippen LogP contribution in [0.25, 0.3) is 11.5 Å². The van der Waals surface area contributed by atoms with Gasteiger partial charge in [0.15, 0.2) is 0 Å². The van der Waals surface area contributed by atoms with E-state index in [0.29, 0.717) is 15.9 Å². The van der Waals surface area contributed by atoms with Crippen LogP contribution in [0.5, 0.6) is 0 Å². The van der Waals surface area contributed by atoms with Crippen molar-refractivity contribution in [1.82, 2.24) is 10.2 Å². The molecule has 1 aromatic carbocycles. The van der Waals surface area contributed by atoms with Gasteiger partial charge in [-0.2, -0.15) is 0 Å². The molecule has 2 rings (SSSR count). The Labute approximate surface area is 98.4 Å². The third kappa shape index (κ3) is 2.18. The van der Waals surface area contributed by atoms with Crippen LogP contribution in [-0.4, -0.2) is 10.2 Å². The van der Waals surface area contributed by atoms with E-state index in [1.54, 1.807) is 6.07 Å². The molecule has 1 aromatic heterocycles. The lowest BCUT2D eigenvalue weighted by molar-refractivity contribution is 0.526. The van der Waals surface area contributed by atoms with E-state index < -0.39 is 0 Å². The molecule has 78 valence electrons. The predicted molar refractivity (Wildman–Crippen MR) is 56.9 cm³/mol. The van der Waals surface area contributed by atoms with Crippen LogP contribution in [0.4, 0.5) is 4.39 Å². The van der Waals surface area contributed by atoms with Crippen LogP contribution in [0.2, 0.25) is 0 Å². The highest BCUT2D eigenvalue weighted by molar-refractivity contribution is 9.10. The predicted octanol–water partition coefficient (Wildman–Crippen LogP) is 3.38. The molecule has 0 radical (unpaired) electrons. The van der Waals surface area contributed by atoms with E-state index in [2.05, 4.69) is 26.1 Å². The molecule has 0 bridgehead atoms. The molecule has 0 aliphatic rings. The lowest BCUT2D eigenvalue weighted by Gasteiger charge is -1.98. The topological polar surface area (TPSA) is 38.9 Å². The highest BCUT2D eigenvalue weighted by Crippen LogP contribution is 2.27. The smallest absolute Gasteiger partial charge is 0.249 e. The van der Waals surface area contributed by atoms with Crippen molar-refractivity contribution in [3.05, 3.63) is 34.4 Å². The molecule has 0 amide bonds. The summed E-state index contributed by atoms with van der Waals surface area (Å²) in [7, 11) is 0. The molecule has 0 saturated heterocycles. The summed E-state index contributed by atoms with van der Waals surface area (Å²) in [4.78, 5) is 0. The van der Waals surface area contributed by atoms with Crippen LogP contribution in [0.15, 0.2) is 27.1 Å². The monoisotopic (exact) mass is 290 g/mol. The molecular weight excluding hydrogens is 286 g/mol. The van der Waals surface area contributed by atoms with Gasteiger partial charge >= 0.3 is 0 Å². The highest BCUT2D eigenvalue weighted by Gasteiger charge is 2.11. The number of alkyl halides is 1. The van der Waals surface area contributed by atoms with Crippen molar-refractivity contribution < 1.29 is 8.81 Å². The summed E-state index contributed by atoms with van der Waals surface area (Å²) in [6.45, 7) is 0. The molecule has 6 heteroatoms. The van der Waals surface area contributed by atoms with E-state index in [-0.39, 0.29) is 17.6 Å². The first-order valence-electron chi connectivity index (χ1n) is 4.04. The number of halogens is 3. The third-order valence-electron chi connectivity index (χ3n) is 1.74. The van der Waals surface area contributed by atoms with Gasteiger partial charge in [-0.15, -0.1) is 21.8 Å². The summed E-state index contributed by atoms with van der Waals surface area (Å²) >= 11 is 8.79. The summed E-state index contributed by atoms with van der Waals surface area (Å²) in [6.07, 6.45) is 0. The van der Waals surface area contributed by atoms with Crippen molar-refractivity contribution in [3.63, 3.8) is 0 Å². The number of rotatable bonds is 2. The maximum absolute atomic E-state index is 13.0. The van der Waals surface area contributed by atoms with Crippen molar-refractivity contribution in [2.45, 2.75) is 5.88 Å². The zero-order valence-corrected chi connectivity index (χ0v) is 9.72. The van der Waals surface area contributed by atoms with Gasteiger partial charge in [-0.25, -0.2) is 4.39 Å². The summed E-state index contributed by atoms with van der Waals surface area (Å²) in [5.74, 6) is 0.332. The Morgan fingerprint density at radius 3 is 2.87 bits per heavy atom. The SMILES string of the molecule is Fc1ccc(Br)c(-c2nnc(CCl)o2)c1. The lowest BCUT2D eigenvalue weighted by Crippen LogP contribution is -1.82. The van der Waals surface area contributed by atoms with Crippen LogP contribution < -0.4 is 0 Å². The van der Waals surface area contributed by atoms with E-state index in [0.717, 1.165) is 0 Å². The molecular formula is C9H5BrClFN2O. The number of aromatic nitrogens is 2. The molecule has 0 unspecified atom stereocenters. The fourth-order valence-corrected chi connectivity index (χ4v) is 1.60. The zero-order chi connectivity index (χ0) is 10.8. The Kier molecular flexibility index (Phi) is 3.02. The summed E-state index contributed by atoms with van der Waals surface area (Å²) in [5, 5.41) is 7.45. The average molecular weight is 292 g/mol. The second kappa shape index (κ2) is 4.28. The summed E-state index contributed by atoms with van der Waals surface area (Å²) in [5.41, 5.74) is 0.513. The minimum atomic E-state index is -0.362. The number of nitrogens with zero attached hydrogens (tertiary/aromatic N) is 2. The van der Waals surface area contributed by atoms with Gasteiger partial charge in [0.1, 0.15) is 11.7 Å². The van der Waals surface area contributed by atoms with Gasteiger partial charge in [-0.05, 0) is 34.1 Å². The minimum Gasteiger partial charge on any atom is -0.419 e. The molecule has 0 spiro atoms. The molecule has 0 aliphatic carbocycles. The van der Waals surface area contributed by atoms with E-state index in [4.69, 9.17) is 16.0 Å². The van der Waals surface area contributed by atoms with Crippen molar-refractivity contribution in [2.24, 2.45) is 0 Å². The number of benzene rings is 1. The number of hydrogen-bond acceptors (Lipinski definition) is 3. The van der Waals surface area contributed by atoms with Crippen molar-refractivity contribution >= 4 is 27.5 Å². The van der Waals surface area contributed by atoms with E-state index in [9.17, 15) is 4.39 Å². The molecule has 0 atom stereocenters.